The van der Waals surface area contributed by atoms with Crippen LogP contribution in [0.3, 0.4) is 0 Å². The zero-order valence-electron chi connectivity index (χ0n) is 9.80. The van der Waals surface area contributed by atoms with Crippen LogP contribution in [0.2, 0.25) is 0 Å². The van der Waals surface area contributed by atoms with Crippen LogP contribution in [0.4, 0.5) is 0 Å². The average Bonchev–Trinajstić information content (AvgIpc) is 2.06. The highest BCUT2D eigenvalue weighted by Gasteiger charge is 2.21. The van der Waals surface area contributed by atoms with Gasteiger partial charge in [-0.3, -0.25) is 0 Å². The number of hydrogen-bond donors (Lipinski definition) is 1. The van der Waals surface area contributed by atoms with E-state index < -0.39 is 0 Å². The molecule has 13 heavy (non-hydrogen) atoms. The molecular weight excluding hydrogens is 162 g/mol. The fraction of sp³-hybridized carbons (Fsp3) is 1.00. The van der Waals surface area contributed by atoms with E-state index in [0.717, 1.165) is 6.54 Å². The molecular formula is C11H25NO. The van der Waals surface area contributed by atoms with Gasteiger partial charge in [-0.15, -0.1) is 0 Å². The van der Waals surface area contributed by atoms with Gasteiger partial charge >= 0.3 is 0 Å². The predicted molar refractivity (Wildman–Crippen MR) is 57.9 cm³/mol. The Morgan fingerprint density at radius 3 is 2.00 bits per heavy atom. The van der Waals surface area contributed by atoms with Crippen molar-refractivity contribution in [2.45, 2.75) is 46.6 Å². The van der Waals surface area contributed by atoms with Gasteiger partial charge in [-0.1, -0.05) is 27.7 Å². The SMILES string of the molecule is CCC(CC)N(C)CC(C)(C)CO. The zero-order chi connectivity index (χ0) is 10.5. The lowest BCUT2D eigenvalue weighted by atomic mass is 9.93. The van der Waals surface area contributed by atoms with Gasteiger partial charge in [0.15, 0.2) is 0 Å². The van der Waals surface area contributed by atoms with Gasteiger partial charge in [-0.2, -0.15) is 0 Å². The number of hydrogen-bond acceptors (Lipinski definition) is 2. The third-order valence-corrected chi connectivity index (χ3v) is 2.67. The fourth-order valence-electron chi connectivity index (χ4n) is 1.77. The van der Waals surface area contributed by atoms with Crippen molar-refractivity contribution in [3.8, 4) is 0 Å². The summed E-state index contributed by atoms with van der Waals surface area (Å²) >= 11 is 0. The first-order valence-electron chi connectivity index (χ1n) is 5.28. The highest BCUT2D eigenvalue weighted by Crippen LogP contribution is 2.18. The lowest BCUT2D eigenvalue weighted by Gasteiger charge is -2.33. The summed E-state index contributed by atoms with van der Waals surface area (Å²) in [5.41, 5.74) is 0.0251. The van der Waals surface area contributed by atoms with Gasteiger partial charge in [0.1, 0.15) is 0 Å². The standard InChI is InChI=1S/C11H25NO/c1-6-10(7-2)12(5)8-11(3,4)9-13/h10,13H,6-9H2,1-5H3. The van der Waals surface area contributed by atoms with Crippen LogP contribution in [-0.4, -0.2) is 36.2 Å². The van der Waals surface area contributed by atoms with E-state index in [1.54, 1.807) is 0 Å². The maximum absolute atomic E-state index is 9.14. The molecule has 0 aliphatic carbocycles. The fourth-order valence-corrected chi connectivity index (χ4v) is 1.77. The molecule has 0 spiro atoms. The maximum atomic E-state index is 9.14. The van der Waals surface area contributed by atoms with Crippen molar-refractivity contribution in [2.75, 3.05) is 20.2 Å². The van der Waals surface area contributed by atoms with Crippen LogP contribution in [0.5, 0.6) is 0 Å². The van der Waals surface area contributed by atoms with Crippen LogP contribution < -0.4 is 0 Å². The van der Waals surface area contributed by atoms with Gasteiger partial charge in [0.05, 0.1) is 0 Å². The van der Waals surface area contributed by atoms with Crippen LogP contribution in [0.15, 0.2) is 0 Å². The van der Waals surface area contributed by atoms with Crippen molar-refractivity contribution in [3.05, 3.63) is 0 Å². The average molecular weight is 187 g/mol. The molecule has 0 saturated carbocycles. The Hall–Kier alpha value is -0.0800. The van der Waals surface area contributed by atoms with Crippen molar-refractivity contribution < 1.29 is 5.11 Å². The van der Waals surface area contributed by atoms with E-state index in [1.165, 1.54) is 12.8 Å². The van der Waals surface area contributed by atoms with Crippen LogP contribution >= 0.6 is 0 Å². The lowest BCUT2D eigenvalue weighted by molar-refractivity contribution is 0.0922. The van der Waals surface area contributed by atoms with Crippen LogP contribution in [-0.2, 0) is 0 Å². The Bertz CT molecular complexity index is 130. The second-order valence-electron chi connectivity index (χ2n) is 4.71. The smallest absolute Gasteiger partial charge is 0.0494 e. The predicted octanol–water partition coefficient (Wildman–Crippen LogP) is 2.13. The monoisotopic (exact) mass is 187 g/mol. The van der Waals surface area contributed by atoms with Crippen LogP contribution in [0.25, 0.3) is 0 Å². The summed E-state index contributed by atoms with van der Waals surface area (Å²) in [6.07, 6.45) is 2.38. The molecule has 80 valence electrons. The van der Waals surface area contributed by atoms with Crippen LogP contribution in [0.1, 0.15) is 40.5 Å². The highest BCUT2D eigenvalue weighted by atomic mass is 16.3. The Morgan fingerprint density at radius 2 is 1.69 bits per heavy atom. The van der Waals surface area contributed by atoms with E-state index in [1.807, 2.05) is 0 Å². The summed E-state index contributed by atoms with van der Waals surface area (Å²) in [7, 11) is 2.15. The summed E-state index contributed by atoms with van der Waals surface area (Å²) in [5.74, 6) is 0. The van der Waals surface area contributed by atoms with E-state index in [4.69, 9.17) is 5.11 Å². The third kappa shape index (κ3) is 4.63. The summed E-state index contributed by atoms with van der Waals surface area (Å²) in [6, 6.07) is 0.658. The van der Waals surface area contributed by atoms with Crippen molar-refractivity contribution in [1.29, 1.82) is 0 Å². The number of rotatable bonds is 6. The molecule has 0 heterocycles. The van der Waals surface area contributed by atoms with E-state index in [9.17, 15) is 0 Å². The number of aliphatic hydroxyl groups is 1. The molecule has 0 fully saturated rings. The Labute approximate surface area is 82.9 Å². The first kappa shape index (κ1) is 12.9. The third-order valence-electron chi connectivity index (χ3n) is 2.67. The molecule has 0 aliphatic rings. The van der Waals surface area contributed by atoms with Gasteiger partial charge in [0.25, 0.3) is 0 Å². The largest absolute Gasteiger partial charge is 0.396 e. The van der Waals surface area contributed by atoms with Gasteiger partial charge in [-0.25, -0.2) is 0 Å². The first-order chi connectivity index (χ1) is 5.96. The molecule has 0 bridgehead atoms. The molecule has 0 rings (SSSR count). The highest BCUT2D eigenvalue weighted by molar-refractivity contribution is 4.75. The normalized spacial score (nSPS) is 12.9. The molecule has 2 heteroatoms. The van der Waals surface area contributed by atoms with Gasteiger partial charge in [0, 0.05) is 24.6 Å². The van der Waals surface area contributed by atoms with Crippen molar-refractivity contribution in [3.63, 3.8) is 0 Å². The van der Waals surface area contributed by atoms with Crippen molar-refractivity contribution in [1.82, 2.24) is 4.90 Å². The number of aliphatic hydroxyl groups excluding tert-OH is 1. The Morgan fingerprint density at radius 1 is 1.23 bits per heavy atom. The molecule has 0 aliphatic heterocycles. The molecule has 0 amide bonds. The quantitative estimate of drug-likeness (QED) is 0.688. The van der Waals surface area contributed by atoms with E-state index in [0.29, 0.717) is 6.04 Å². The second kappa shape index (κ2) is 5.61. The van der Waals surface area contributed by atoms with Gasteiger partial charge < -0.3 is 10.0 Å². The maximum Gasteiger partial charge on any atom is 0.0494 e. The van der Waals surface area contributed by atoms with Crippen LogP contribution in [0, 0.1) is 5.41 Å². The molecule has 2 nitrogen and oxygen atoms in total. The van der Waals surface area contributed by atoms with Crippen molar-refractivity contribution >= 4 is 0 Å². The molecule has 0 aromatic carbocycles. The lowest BCUT2D eigenvalue weighted by Crippen LogP contribution is -2.39. The molecule has 0 radical (unpaired) electrons. The summed E-state index contributed by atoms with van der Waals surface area (Å²) in [5, 5.41) is 9.14. The first-order valence-corrected chi connectivity index (χ1v) is 5.28. The molecule has 0 aromatic heterocycles. The molecule has 0 aromatic rings. The van der Waals surface area contributed by atoms with Gasteiger partial charge in [-0.05, 0) is 19.9 Å². The molecule has 0 atom stereocenters. The zero-order valence-corrected chi connectivity index (χ0v) is 9.80. The topological polar surface area (TPSA) is 23.5 Å². The Balaban J connectivity index is 4.04. The molecule has 0 unspecified atom stereocenters. The molecule has 1 N–H and O–H groups in total. The molecule has 0 saturated heterocycles. The number of nitrogens with zero attached hydrogens (tertiary/aromatic N) is 1. The minimum Gasteiger partial charge on any atom is -0.396 e. The summed E-state index contributed by atoms with van der Waals surface area (Å²) in [4.78, 5) is 2.36. The van der Waals surface area contributed by atoms with Gasteiger partial charge in [0.2, 0.25) is 0 Å². The minimum atomic E-state index is 0.0251. The van der Waals surface area contributed by atoms with E-state index in [2.05, 4.69) is 39.6 Å². The summed E-state index contributed by atoms with van der Waals surface area (Å²) < 4.78 is 0. The second-order valence-corrected chi connectivity index (χ2v) is 4.71. The van der Waals surface area contributed by atoms with Crippen molar-refractivity contribution in [2.24, 2.45) is 5.41 Å². The summed E-state index contributed by atoms with van der Waals surface area (Å²) in [6.45, 7) is 9.87. The van der Waals surface area contributed by atoms with E-state index in [-0.39, 0.29) is 12.0 Å². The Kier molecular flexibility index (Phi) is 5.57. The van der Waals surface area contributed by atoms with E-state index >= 15 is 0 Å². The minimum absolute atomic E-state index is 0.0251.